The molecule has 7 heteroatoms. The summed E-state index contributed by atoms with van der Waals surface area (Å²) in [6, 6.07) is 1.56. The average molecular weight is 433 g/mol. The van der Waals surface area contributed by atoms with E-state index >= 15 is 0 Å². The smallest absolute Gasteiger partial charge is 0.250 e. The molecule has 0 atom stereocenters. The summed E-state index contributed by atoms with van der Waals surface area (Å²) in [7, 11) is -2.50. The minimum absolute atomic E-state index is 0. The molecule has 0 unspecified atom stereocenters. The van der Waals surface area contributed by atoms with Gasteiger partial charge in [-0.1, -0.05) is 30.9 Å². The number of hydrogen-bond acceptors (Lipinski definition) is 1. The van der Waals surface area contributed by atoms with Crippen molar-refractivity contribution in [3.8, 4) is 0 Å². The average Bonchev–Trinajstić information content (AvgIpc) is 2.08. The van der Waals surface area contributed by atoms with Crippen molar-refractivity contribution in [3.63, 3.8) is 0 Å². The van der Waals surface area contributed by atoms with Crippen LogP contribution in [0.25, 0.3) is 0 Å². The molecular weight excluding hydrogens is 423 g/mol. The molecule has 1 radical (unpaired) electrons. The number of aromatic carboxylic acids is 1. The molecule has 1 aromatic rings. The molecule has 1 rings (SSSR count). The number of carboxylic acids is 1. The van der Waals surface area contributed by atoms with E-state index in [1.807, 2.05) is 0 Å². The van der Waals surface area contributed by atoms with Crippen LogP contribution in [-0.4, -0.2) is 19.1 Å². The van der Waals surface area contributed by atoms with E-state index in [4.69, 9.17) is 5.11 Å². The van der Waals surface area contributed by atoms with Crippen molar-refractivity contribution in [1.29, 1.82) is 0 Å². The van der Waals surface area contributed by atoms with Crippen LogP contribution in [0.3, 0.4) is 0 Å². The Morgan fingerprint density at radius 2 is 1.65 bits per heavy atom. The zero-order valence-electron chi connectivity index (χ0n) is 9.37. The second-order valence-corrected chi connectivity index (χ2v) is 9.37. The number of halogens is 3. The van der Waals surface area contributed by atoms with Gasteiger partial charge in [0.2, 0.25) is 0 Å². The van der Waals surface area contributed by atoms with Crippen molar-refractivity contribution < 1.29 is 43.5 Å². The largest absolute Gasteiger partial charge is 0.521 e. The fraction of sp³-hybridized carbons (Fsp3) is 0.300. The van der Waals surface area contributed by atoms with E-state index in [2.05, 4.69) is 0 Å². The van der Waals surface area contributed by atoms with E-state index in [1.165, 1.54) is 0 Å². The summed E-state index contributed by atoms with van der Waals surface area (Å²) in [5.74, 6) is -5.65. The number of benzene rings is 1. The van der Waals surface area contributed by atoms with E-state index in [9.17, 15) is 18.0 Å². The monoisotopic (exact) mass is 434 g/mol. The first-order valence-electron chi connectivity index (χ1n) is 4.49. The van der Waals surface area contributed by atoms with Crippen LogP contribution in [0.2, 0.25) is 19.6 Å². The van der Waals surface area contributed by atoms with Crippen molar-refractivity contribution in [3.05, 3.63) is 29.1 Å². The zero-order chi connectivity index (χ0) is 12.7. The van der Waals surface area contributed by atoms with Crippen molar-refractivity contribution >= 4 is 19.2 Å². The molecule has 2 nitrogen and oxygen atoms in total. The molecule has 0 aromatic heterocycles. The summed E-state index contributed by atoms with van der Waals surface area (Å²) in [6.07, 6.45) is 0. The third-order valence-corrected chi connectivity index (χ3v) is 3.99. The van der Waals surface area contributed by atoms with Crippen LogP contribution in [-0.2, 0) is 20.4 Å². The molecule has 17 heavy (non-hydrogen) atoms. The number of hydrogen-bond donors (Lipinski definition) is 1. The molecule has 0 aliphatic heterocycles. The maximum absolute atomic E-state index is 13.7. The summed E-state index contributed by atoms with van der Waals surface area (Å²) in [5, 5.41) is 8.18. The number of rotatable bonds is 2. The Kier molecular flexibility index (Phi) is 5.14. The fourth-order valence-electron chi connectivity index (χ4n) is 1.36. The van der Waals surface area contributed by atoms with Gasteiger partial charge < -0.3 is 9.90 Å². The third kappa shape index (κ3) is 3.18. The van der Waals surface area contributed by atoms with Crippen molar-refractivity contribution in [1.82, 2.24) is 0 Å². The van der Waals surface area contributed by atoms with Crippen molar-refractivity contribution in [2.24, 2.45) is 0 Å². The first-order chi connectivity index (χ1) is 7.16. The van der Waals surface area contributed by atoms with E-state index in [1.54, 1.807) is 25.7 Å². The van der Waals surface area contributed by atoms with Gasteiger partial charge >= 0.3 is 0 Å². The Balaban J connectivity index is 0.00000256. The van der Waals surface area contributed by atoms with Gasteiger partial charge in [0, 0.05) is 26.2 Å². The molecule has 0 heterocycles. The first-order valence-corrected chi connectivity index (χ1v) is 7.99. The Labute approximate surface area is 112 Å². The topological polar surface area (TPSA) is 37.3 Å². The number of carbonyl (C=O) groups is 1. The van der Waals surface area contributed by atoms with Crippen LogP contribution in [0.15, 0.2) is 0 Å². The van der Waals surface area contributed by atoms with E-state index in [0.717, 1.165) is 0 Å². The minimum Gasteiger partial charge on any atom is -0.521 e. The van der Waals surface area contributed by atoms with Crippen LogP contribution < -0.4 is 5.19 Å². The molecule has 0 aliphatic rings. The second kappa shape index (κ2) is 5.34. The quantitative estimate of drug-likeness (QED) is 0.441. The molecular formula is C10H10F3O2ReSi-. The van der Waals surface area contributed by atoms with Gasteiger partial charge in [-0.2, -0.15) is 0 Å². The normalized spacial score (nSPS) is 10.9. The Morgan fingerprint density at radius 1 is 1.18 bits per heavy atom. The van der Waals surface area contributed by atoms with Gasteiger partial charge in [-0.15, -0.1) is 0 Å². The van der Waals surface area contributed by atoms with Gasteiger partial charge in [0.1, 0.15) is 0 Å². The fourth-order valence-corrected chi connectivity index (χ4v) is 2.91. The number of carboxylic acid groups (broad SMARTS) is 1. The molecule has 1 N–H and O–H groups in total. The Hall–Kier alpha value is -0.641. The van der Waals surface area contributed by atoms with Crippen LogP contribution >= 0.6 is 0 Å². The standard InChI is InChI=1S/C10H10F3O2Si.Re/c1-16(2,3)9-7(12)5(10(14)15)4-6(11)8(9)13;/h1-3H3,(H,14,15);/q-1;. The summed E-state index contributed by atoms with van der Waals surface area (Å²) < 4.78 is 40.1. The van der Waals surface area contributed by atoms with Crippen molar-refractivity contribution in [2.75, 3.05) is 0 Å². The molecule has 95 valence electrons. The SMILES string of the molecule is C[Si](C)(C)c1c(F)c(F)[c-]c(C(=O)O)c1F.[Re]. The summed E-state index contributed by atoms with van der Waals surface area (Å²) in [5.41, 5.74) is -0.948. The van der Waals surface area contributed by atoms with Crippen LogP contribution in [0, 0.1) is 23.5 Å². The van der Waals surface area contributed by atoms with Gasteiger partial charge in [-0.3, -0.25) is 8.78 Å². The van der Waals surface area contributed by atoms with Gasteiger partial charge in [0.05, 0.1) is 19.7 Å². The molecule has 0 spiro atoms. The minimum atomic E-state index is -2.50. The summed E-state index contributed by atoms with van der Waals surface area (Å²) >= 11 is 0. The Bertz CT molecular complexity index is 458. The second-order valence-electron chi connectivity index (χ2n) is 4.37. The summed E-state index contributed by atoms with van der Waals surface area (Å²) in [6.45, 7) is 4.79. The molecule has 0 fully saturated rings. The molecule has 0 saturated carbocycles. The van der Waals surface area contributed by atoms with Gasteiger partial charge in [0.15, 0.2) is 0 Å². The molecule has 0 bridgehead atoms. The van der Waals surface area contributed by atoms with Crippen LogP contribution in [0.4, 0.5) is 13.2 Å². The van der Waals surface area contributed by atoms with Crippen LogP contribution in [0.1, 0.15) is 10.4 Å². The third-order valence-electron chi connectivity index (χ3n) is 2.05. The van der Waals surface area contributed by atoms with E-state index < -0.39 is 42.2 Å². The molecule has 0 aliphatic carbocycles. The molecule has 1 aromatic carbocycles. The van der Waals surface area contributed by atoms with Crippen molar-refractivity contribution in [2.45, 2.75) is 19.6 Å². The van der Waals surface area contributed by atoms with Gasteiger partial charge in [-0.05, 0) is 5.56 Å². The maximum atomic E-state index is 13.7. The van der Waals surface area contributed by atoms with E-state index in [0.29, 0.717) is 0 Å². The Morgan fingerprint density at radius 3 is 2.00 bits per heavy atom. The summed E-state index contributed by atoms with van der Waals surface area (Å²) in [4.78, 5) is 10.6. The predicted molar refractivity (Wildman–Crippen MR) is 55.1 cm³/mol. The van der Waals surface area contributed by atoms with Gasteiger partial charge in [0.25, 0.3) is 5.97 Å². The predicted octanol–water partition coefficient (Wildman–Crippen LogP) is 2.14. The maximum Gasteiger partial charge on any atom is 0.250 e. The van der Waals surface area contributed by atoms with Crippen LogP contribution in [0.5, 0.6) is 0 Å². The molecule has 0 amide bonds. The zero-order valence-corrected chi connectivity index (χ0v) is 13.1. The van der Waals surface area contributed by atoms with Gasteiger partial charge in [-0.25, -0.2) is 4.39 Å². The molecule has 0 saturated heterocycles. The first kappa shape index (κ1) is 16.4. The van der Waals surface area contributed by atoms with E-state index in [-0.39, 0.29) is 20.4 Å².